The van der Waals surface area contributed by atoms with E-state index in [1.54, 1.807) is 42.5 Å². The van der Waals surface area contributed by atoms with Crippen molar-refractivity contribution in [3.05, 3.63) is 60.8 Å². The lowest BCUT2D eigenvalue weighted by Gasteiger charge is -2.24. The number of phosphoric acid groups is 1. The zero-order chi connectivity index (χ0) is 46.9. The van der Waals surface area contributed by atoms with Crippen LogP contribution in [0.25, 0.3) is 0 Å². The lowest BCUT2D eigenvalue weighted by atomic mass is 10.0. The number of aliphatic hydroxyl groups is 3. The molecule has 0 saturated carbocycles. The molecular weight excluding hydrogens is 822 g/mol. The fourth-order valence-corrected chi connectivity index (χ4v) is 7.22. The first-order chi connectivity index (χ1) is 30.2. The second kappa shape index (κ2) is 41.1. The molecule has 366 valence electrons. The highest BCUT2D eigenvalue weighted by Gasteiger charge is 2.27. The Morgan fingerprint density at radius 3 is 1.62 bits per heavy atom. The monoisotopic (exact) mass is 913 g/mol. The summed E-state index contributed by atoms with van der Waals surface area (Å²) in [5.41, 5.74) is 0. The van der Waals surface area contributed by atoms with Crippen molar-refractivity contribution in [1.29, 1.82) is 0 Å². The molecule has 0 radical (unpaired) electrons. The highest BCUT2D eigenvalue weighted by Crippen LogP contribution is 2.43. The number of phosphoric ester groups is 1. The van der Waals surface area contributed by atoms with Gasteiger partial charge in [-0.1, -0.05) is 190 Å². The average Bonchev–Trinajstić information content (AvgIpc) is 3.23. The van der Waals surface area contributed by atoms with Gasteiger partial charge in [0.25, 0.3) is 0 Å². The molecule has 0 heterocycles. The van der Waals surface area contributed by atoms with Crippen molar-refractivity contribution < 1.29 is 57.4 Å². The van der Waals surface area contributed by atoms with Crippen molar-refractivity contribution in [1.82, 2.24) is 0 Å². The van der Waals surface area contributed by atoms with Gasteiger partial charge in [0.2, 0.25) is 0 Å². The molecule has 0 saturated heterocycles. The summed E-state index contributed by atoms with van der Waals surface area (Å²) in [5, 5.41) is 30.5. The number of likely N-dealkylation sites (N-methyl/N-ethyl adjacent to an activating group) is 1. The predicted octanol–water partition coefficient (Wildman–Crippen LogP) is 10.9. The van der Waals surface area contributed by atoms with Crippen LogP contribution in [0.3, 0.4) is 0 Å². The normalized spacial score (nSPS) is 15.5. The Morgan fingerprint density at radius 1 is 0.603 bits per heavy atom. The van der Waals surface area contributed by atoms with Crippen molar-refractivity contribution in [2.45, 2.75) is 199 Å². The third-order valence-corrected chi connectivity index (χ3v) is 11.4. The van der Waals surface area contributed by atoms with E-state index in [4.69, 9.17) is 18.5 Å². The number of nitrogens with zero attached hydrogens (tertiary/aromatic N) is 1. The van der Waals surface area contributed by atoms with Gasteiger partial charge in [-0.2, -0.15) is 0 Å². The van der Waals surface area contributed by atoms with Gasteiger partial charge < -0.3 is 34.2 Å². The molecule has 63 heavy (non-hydrogen) atoms. The van der Waals surface area contributed by atoms with E-state index in [-0.39, 0.29) is 38.9 Å². The maximum Gasteiger partial charge on any atom is 0.472 e. The summed E-state index contributed by atoms with van der Waals surface area (Å²) in [4.78, 5) is 35.5. The van der Waals surface area contributed by atoms with E-state index >= 15 is 0 Å². The summed E-state index contributed by atoms with van der Waals surface area (Å²) in [6, 6.07) is 0. The average molecular weight is 913 g/mol. The molecule has 0 rings (SSSR count). The molecule has 1 unspecified atom stereocenters. The van der Waals surface area contributed by atoms with Crippen LogP contribution in [0.5, 0.6) is 0 Å². The summed E-state index contributed by atoms with van der Waals surface area (Å²) in [6.45, 7) is 3.85. The SMILES string of the molecule is CC/C=C\C[C@@H](O)/C=C/C=C/C=C\C=C/[C@H](O)[C@@H](O)CCCC(=O)OC[C@H](COP(=O)(O)OCC[N+](C)(C)C)OC(=O)CCCCCCCCCCCCCCCCCCCCC. The minimum absolute atomic E-state index is 0.0252. The molecule has 4 N–H and O–H groups in total. The Morgan fingerprint density at radius 2 is 1.10 bits per heavy atom. The van der Waals surface area contributed by atoms with Crippen LogP contribution in [-0.4, -0.2) is 109 Å². The van der Waals surface area contributed by atoms with Gasteiger partial charge in [0.15, 0.2) is 6.10 Å². The van der Waals surface area contributed by atoms with E-state index in [0.717, 1.165) is 25.7 Å². The van der Waals surface area contributed by atoms with E-state index in [2.05, 4.69) is 6.92 Å². The van der Waals surface area contributed by atoms with Crippen LogP contribution in [0.2, 0.25) is 0 Å². The smallest absolute Gasteiger partial charge is 0.462 e. The third-order valence-electron chi connectivity index (χ3n) is 10.4. The highest BCUT2D eigenvalue weighted by molar-refractivity contribution is 7.47. The topological polar surface area (TPSA) is 169 Å². The van der Waals surface area contributed by atoms with Crippen LogP contribution in [-0.2, 0) is 32.7 Å². The number of rotatable bonds is 43. The van der Waals surface area contributed by atoms with Crippen LogP contribution < -0.4 is 0 Å². The molecule has 5 atom stereocenters. The molecule has 0 aromatic carbocycles. The molecule has 0 aliphatic carbocycles. The van der Waals surface area contributed by atoms with Crippen molar-refractivity contribution in [2.24, 2.45) is 0 Å². The van der Waals surface area contributed by atoms with Gasteiger partial charge in [0.1, 0.15) is 19.8 Å². The van der Waals surface area contributed by atoms with E-state index in [9.17, 15) is 34.4 Å². The van der Waals surface area contributed by atoms with E-state index in [1.807, 2.05) is 40.2 Å². The van der Waals surface area contributed by atoms with Gasteiger partial charge in [-0.05, 0) is 32.1 Å². The number of unbranched alkanes of at least 4 members (excludes halogenated alkanes) is 18. The maximum absolute atomic E-state index is 12.8. The predicted molar refractivity (Wildman–Crippen MR) is 256 cm³/mol. The summed E-state index contributed by atoms with van der Waals surface area (Å²) in [7, 11) is 1.28. The van der Waals surface area contributed by atoms with Gasteiger partial charge in [-0.25, -0.2) is 4.57 Å². The largest absolute Gasteiger partial charge is 0.472 e. The molecule has 0 spiro atoms. The molecule has 0 fully saturated rings. The molecule has 13 heteroatoms. The van der Waals surface area contributed by atoms with Gasteiger partial charge in [-0.3, -0.25) is 18.6 Å². The first-order valence-corrected chi connectivity index (χ1v) is 25.8. The van der Waals surface area contributed by atoms with Crippen molar-refractivity contribution in [3.63, 3.8) is 0 Å². The summed E-state index contributed by atoms with van der Waals surface area (Å²) >= 11 is 0. The molecular formula is C50H91NO11P+. The van der Waals surface area contributed by atoms with E-state index in [1.165, 1.54) is 102 Å². The molecule has 12 nitrogen and oxygen atoms in total. The summed E-state index contributed by atoms with van der Waals surface area (Å²) in [5.74, 6) is -1.13. The van der Waals surface area contributed by atoms with E-state index in [0.29, 0.717) is 23.9 Å². The third kappa shape index (κ3) is 43.3. The van der Waals surface area contributed by atoms with Gasteiger partial charge in [0, 0.05) is 12.8 Å². The number of carbonyl (C=O) groups excluding carboxylic acids is 2. The van der Waals surface area contributed by atoms with Crippen molar-refractivity contribution in [2.75, 3.05) is 47.5 Å². The molecule has 0 bridgehead atoms. The Bertz CT molecular complexity index is 1310. The Labute approximate surface area is 383 Å². The van der Waals surface area contributed by atoms with Gasteiger partial charge in [0.05, 0.1) is 46.1 Å². The van der Waals surface area contributed by atoms with Gasteiger partial charge in [-0.15, -0.1) is 0 Å². The lowest BCUT2D eigenvalue weighted by Crippen LogP contribution is -2.37. The number of hydrogen-bond acceptors (Lipinski definition) is 10. The molecule has 0 amide bonds. The van der Waals surface area contributed by atoms with Crippen LogP contribution in [0.4, 0.5) is 0 Å². The Kier molecular flexibility index (Phi) is 39.5. The van der Waals surface area contributed by atoms with Crippen LogP contribution in [0.15, 0.2) is 60.8 Å². The number of quaternary nitrogens is 1. The molecule has 0 aromatic rings. The number of aliphatic hydroxyl groups excluding tert-OH is 3. The van der Waals surface area contributed by atoms with E-state index < -0.39 is 50.8 Å². The number of carbonyl (C=O) groups is 2. The van der Waals surface area contributed by atoms with Crippen molar-refractivity contribution in [3.8, 4) is 0 Å². The quantitative estimate of drug-likeness (QED) is 0.0115. The Balaban J connectivity index is 4.57. The first-order valence-electron chi connectivity index (χ1n) is 24.3. The second-order valence-electron chi connectivity index (χ2n) is 17.7. The van der Waals surface area contributed by atoms with Crippen LogP contribution >= 0.6 is 7.82 Å². The first kappa shape index (κ1) is 60.6. The minimum atomic E-state index is -4.46. The minimum Gasteiger partial charge on any atom is -0.462 e. The number of ether oxygens (including phenoxy) is 2. The second-order valence-corrected chi connectivity index (χ2v) is 19.1. The zero-order valence-corrected chi connectivity index (χ0v) is 41.0. The maximum atomic E-state index is 12.8. The number of hydrogen-bond donors (Lipinski definition) is 4. The fraction of sp³-hybridized carbons (Fsp3) is 0.760. The highest BCUT2D eigenvalue weighted by atomic mass is 31.2. The number of esters is 2. The van der Waals surface area contributed by atoms with Crippen molar-refractivity contribution >= 4 is 19.8 Å². The summed E-state index contributed by atoms with van der Waals surface area (Å²) < 4.78 is 34.1. The standard InChI is InChI=1S/C50H90NO11P/c1-6-8-10-11-12-13-14-15-16-17-18-19-20-21-22-23-24-29-33-39-50(56)62-46(44-61-63(57,58)60-42-41-51(3,4)5)43-59-49(55)40-34-38-48(54)47(53)37-32-28-26-25-27-31-36-45(52)35-30-9-7-2/h9,25-28,30-32,36-37,45-48,52-54H,6-8,10-24,29,33-35,38-44H2,1-5H3/p+1/b27-25+,28-26-,30-9-,36-31+,37-32-/t45-,46-,47+,48+/m1/s1. The number of allylic oxidation sites excluding steroid dienone is 7. The fourth-order valence-electron chi connectivity index (χ4n) is 6.47. The summed E-state index contributed by atoms with van der Waals surface area (Å²) in [6.07, 6.45) is 39.3. The molecule has 0 aromatic heterocycles. The lowest BCUT2D eigenvalue weighted by molar-refractivity contribution is -0.870. The van der Waals surface area contributed by atoms with Crippen LogP contribution in [0.1, 0.15) is 174 Å². The molecule has 0 aliphatic rings. The van der Waals surface area contributed by atoms with Crippen LogP contribution in [0, 0.1) is 0 Å². The Hall–Kier alpha value is -2.41. The van der Waals surface area contributed by atoms with Gasteiger partial charge >= 0.3 is 19.8 Å². The zero-order valence-electron chi connectivity index (χ0n) is 40.1. The molecule has 0 aliphatic heterocycles.